The fourth-order valence-electron chi connectivity index (χ4n) is 4.08. The number of carbonyl (C=O) groups excluding carboxylic acids is 1. The van der Waals surface area contributed by atoms with E-state index in [0.29, 0.717) is 6.42 Å². The van der Waals surface area contributed by atoms with E-state index in [0.717, 1.165) is 43.3 Å². The van der Waals surface area contributed by atoms with Crippen LogP contribution in [-0.4, -0.2) is 49.2 Å². The Hall–Kier alpha value is -1.17. The van der Waals surface area contributed by atoms with Crippen LogP contribution in [0.4, 0.5) is 0 Å². The molecule has 3 rings (SSSR count). The van der Waals surface area contributed by atoms with Gasteiger partial charge < -0.3 is 18.9 Å². The molecule has 5 nitrogen and oxygen atoms in total. The van der Waals surface area contributed by atoms with Crippen molar-refractivity contribution in [3.8, 4) is 0 Å². The highest BCUT2D eigenvalue weighted by Crippen LogP contribution is 2.49. The van der Waals surface area contributed by atoms with Gasteiger partial charge in [0.05, 0.1) is 30.0 Å². The molecule has 4 atom stereocenters. The molecule has 0 radical (unpaired) electrons. The van der Waals surface area contributed by atoms with E-state index in [2.05, 4.69) is 33.8 Å². The Balaban J connectivity index is 1.84. The summed E-state index contributed by atoms with van der Waals surface area (Å²) in [4.78, 5) is 12.2. The van der Waals surface area contributed by atoms with Crippen LogP contribution in [0.5, 0.6) is 0 Å². The number of carbonyl (C=O) groups is 1. The van der Waals surface area contributed by atoms with Gasteiger partial charge in [-0.1, -0.05) is 12.2 Å². The third-order valence-corrected chi connectivity index (χ3v) is 6.66. The number of hydrogen-bond donors (Lipinski definition) is 0. The van der Waals surface area contributed by atoms with Gasteiger partial charge in [-0.2, -0.15) is 0 Å². The average Bonchev–Trinajstić information content (AvgIpc) is 3.49. The second-order valence-corrected chi connectivity index (χ2v) is 8.97. The first-order valence-corrected chi connectivity index (χ1v) is 10.0. The maximum Gasteiger partial charge on any atom is 0.333 e. The van der Waals surface area contributed by atoms with Gasteiger partial charge in [-0.25, -0.2) is 4.79 Å². The van der Waals surface area contributed by atoms with E-state index in [1.807, 2.05) is 6.08 Å². The van der Waals surface area contributed by atoms with Crippen molar-refractivity contribution in [1.29, 1.82) is 0 Å². The number of methoxy groups -OCH3 is 2. The molecular formula is C22H34O5. The summed E-state index contributed by atoms with van der Waals surface area (Å²) in [6.07, 6.45) is 9.74. The van der Waals surface area contributed by atoms with E-state index >= 15 is 0 Å². The molecule has 27 heavy (non-hydrogen) atoms. The highest BCUT2D eigenvalue weighted by atomic mass is 16.6. The molecule has 0 spiro atoms. The smallest absolute Gasteiger partial charge is 0.333 e. The molecule has 5 heteroatoms. The lowest BCUT2D eigenvalue weighted by atomic mass is 9.87. The summed E-state index contributed by atoms with van der Waals surface area (Å²) >= 11 is 0. The van der Waals surface area contributed by atoms with Gasteiger partial charge in [0.1, 0.15) is 6.10 Å². The molecule has 2 heterocycles. The predicted molar refractivity (Wildman–Crippen MR) is 104 cm³/mol. The van der Waals surface area contributed by atoms with Crippen LogP contribution < -0.4 is 0 Å². The molecule has 0 saturated carbocycles. The Morgan fingerprint density at radius 2 is 1.89 bits per heavy atom. The van der Waals surface area contributed by atoms with Crippen molar-refractivity contribution < 1.29 is 23.7 Å². The molecule has 2 aliphatic heterocycles. The van der Waals surface area contributed by atoms with Gasteiger partial charge in [-0.05, 0) is 71.8 Å². The minimum absolute atomic E-state index is 0.0678. The Morgan fingerprint density at radius 3 is 2.56 bits per heavy atom. The molecule has 3 aliphatic rings. The lowest BCUT2D eigenvalue weighted by Crippen LogP contribution is -2.27. The van der Waals surface area contributed by atoms with Crippen LogP contribution in [0, 0.1) is 0 Å². The summed E-state index contributed by atoms with van der Waals surface area (Å²) in [6.45, 7) is 8.47. The van der Waals surface area contributed by atoms with Crippen molar-refractivity contribution in [1.82, 2.24) is 0 Å². The number of ether oxygens (including phenoxy) is 4. The van der Waals surface area contributed by atoms with E-state index < -0.39 is 5.60 Å². The fraction of sp³-hybridized carbons (Fsp3) is 0.773. The molecule has 2 fully saturated rings. The highest BCUT2D eigenvalue weighted by molar-refractivity contribution is 5.88. The lowest BCUT2D eigenvalue weighted by molar-refractivity contribution is -0.136. The summed E-state index contributed by atoms with van der Waals surface area (Å²) in [5.41, 5.74) is 1.31. The van der Waals surface area contributed by atoms with E-state index in [9.17, 15) is 4.79 Å². The maximum atomic E-state index is 12.2. The van der Waals surface area contributed by atoms with Crippen LogP contribution in [0.2, 0.25) is 0 Å². The van der Waals surface area contributed by atoms with Gasteiger partial charge in [0.2, 0.25) is 0 Å². The zero-order valence-electron chi connectivity index (χ0n) is 17.6. The second-order valence-electron chi connectivity index (χ2n) is 8.97. The van der Waals surface area contributed by atoms with Crippen molar-refractivity contribution in [2.75, 3.05) is 14.2 Å². The largest absolute Gasteiger partial charge is 0.466 e. The molecule has 0 amide bonds. The van der Waals surface area contributed by atoms with Gasteiger partial charge in [0.25, 0.3) is 0 Å². The Kier molecular flexibility index (Phi) is 5.59. The first kappa shape index (κ1) is 20.6. The second kappa shape index (κ2) is 7.34. The summed E-state index contributed by atoms with van der Waals surface area (Å²) in [7, 11) is 3.16. The van der Waals surface area contributed by atoms with Crippen LogP contribution in [0.1, 0.15) is 66.2 Å². The summed E-state index contributed by atoms with van der Waals surface area (Å²) in [6, 6.07) is 0. The molecule has 0 N–H and O–H groups in total. The van der Waals surface area contributed by atoms with Crippen LogP contribution >= 0.6 is 0 Å². The summed E-state index contributed by atoms with van der Waals surface area (Å²) < 4.78 is 22.7. The van der Waals surface area contributed by atoms with Crippen molar-refractivity contribution in [2.45, 2.75) is 95.2 Å². The Morgan fingerprint density at radius 1 is 1.15 bits per heavy atom. The summed E-state index contributed by atoms with van der Waals surface area (Å²) in [5, 5.41) is 0. The predicted octanol–water partition coefficient (Wildman–Crippen LogP) is 4.11. The number of allylic oxidation sites excluding steroid dienone is 1. The van der Waals surface area contributed by atoms with Crippen molar-refractivity contribution in [3.05, 3.63) is 23.3 Å². The fourth-order valence-corrected chi connectivity index (χ4v) is 4.08. The third kappa shape index (κ3) is 4.47. The normalized spacial score (nSPS) is 41.0. The van der Waals surface area contributed by atoms with Gasteiger partial charge in [0, 0.05) is 12.7 Å². The van der Waals surface area contributed by atoms with Crippen LogP contribution in [0.3, 0.4) is 0 Å². The number of hydrogen-bond acceptors (Lipinski definition) is 5. The number of fused-ring (bicyclic) bond motifs is 2. The zero-order chi connectivity index (χ0) is 19.9. The van der Waals surface area contributed by atoms with Crippen molar-refractivity contribution >= 4 is 5.97 Å². The molecular weight excluding hydrogens is 344 g/mol. The monoisotopic (exact) mass is 378 g/mol. The van der Waals surface area contributed by atoms with Gasteiger partial charge in [0.15, 0.2) is 0 Å². The average molecular weight is 379 g/mol. The Labute approximate surface area is 163 Å². The van der Waals surface area contributed by atoms with E-state index in [4.69, 9.17) is 18.9 Å². The molecule has 0 aromatic rings. The minimum Gasteiger partial charge on any atom is -0.466 e. The number of esters is 1. The molecule has 0 bridgehead atoms. The molecule has 0 aromatic carbocycles. The van der Waals surface area contributed by atoms with Crippen LogP contribution in [0.15, 0.2) is 23.3 Å². The van der Waals surface area contributed by atoms with Gasteiger partial charge in [-0.15, -0.1) is 0 Å². The Bertz CT molecular complexity index is 649. The van der Waals surface area contributed by atoms with Crippen LogP contribution in [0.25, 0.3) is 0 Å². The quantitative estimate of drug-likeness (QED) is 0.420. The standard InChI is InChI=1S/C22H34O5/c1-20(2,25-6)16-10-9-15(19(23)24-5)8-7-12-21(3)17(26-21)11-13-22(4)18(14-16)27-22/h8,14,17-18H,7,9-13H2,1-6H3/b15-8+,16-14-/t17-,18?,21-,22-/m0/s1. The molecule has 1 aliphatic carbocycles. The number of rotatable bonds is 3. The molecule has 0 aromatic heterocycles. The van der Waals surface area contributed by atoms with Gasteiger partial charge in [-0.3, -0.25) is 0 Å². The minimum atomic E-state index is -0.399. The van der Waals surface area contributed by atoms with E-state index in [1.165, 1.54) is 7.11 Å². The van der Waals surface area contributed by atoms with Crippen LogP contribution in [-0.2, 0) is 23.7 Å². The van der Waals surface area contributed by atoms with Crippen molar-refractivity contribution in [2.24, 2.45) is 0 Å². The lowest BCUT2D eigenvalue weighted by Gasteiger charge is -2.27. The highest BCUT2D eigenvalue weighted by Gasteiger charge is 2.56. The SMILES string of the molecule is COC(=O)/C1=C/CC[C@]2(C)O[C@H]2CC[C@]2(C)OC2/C=C(\C(C)(C)OC)CC1. The molecule has 2 saturated heterocycles. The molecule has 1 unspecified atom stereocenters. The first-order valence-electron chi connectivity index (χ1n) is 10.0. The zero-order valence-corrected chi connectivity index (χ0v) is 17.6. The third-order valence-electron chi connectivity index (χ3n) is 6.66. The summed E-state index contributed by atoms with van der Waals surface area (Å²) in [5.74, 6) is -0.248. The number of epoxide rings is 2. The van der Waals surface area contributed by atoms with Crippen molar-refractivity contribution in [3.63, 3.8) is 0 Å². The maximum absolute atomic E-state index is 12.2. The van der Waals surface area contributed by atoms with Gasteiger partial charge >= 0.3 is 5.97 Å². The first-order chi connectivity index (χ1) is 12.6. The molecule has 152 valence electrons. The van der Waals surface area contributed by atoms with E-state index in [1.54, 1.807) is 7.11 Å². The topological polar surface area (TPSA) is 60.6 Å². The van der Waals surface area contributed by atoms with E-state index in [-0.39, 0.29) is 29.4 Å².